The number of halogens is 2. The highest BCUT2D eigenvalue weighted by Crippen LogP contribution is 2.30. The van der Waals surface area contributed by atoms with Crippen molar-refractivity contribution >= 4 is 11.7 Å². The molecule has 0 aliphatic carbocycles. The van der Waals surface area contributed by atoms with E-state index < -0.39 is 12.5 Å². The number of hydrogen-bond donors (Lipinski definition) is 1. The zero-order valence-electron chi connectivity index (χ0n) is 16.6. The highest BCUT2D eigenvalue weighted by atomic mass is 19.3. The van der Waals surface area contributed by atoms with Gasteiger partial charge in [-0.25, -0.2) is 13.8 Å². The number of benzene rings is 1. The molecule has 29 heavy (non-hydrogen) atoms. The van der Waals surface area contributed by atoms with Gasteiger partial charge >= 0.3 is 0 Å². The molecule has 1 aliphatic heterocycles. The first kappa shape index (κ1) is 21.1. The molecule has 1 aromatic carbocycles. The molecule has 2 heterocycles. The molecule has 0 spiro atoms. The fourth-order valence-electron chi connectivity index (χ4n) is 3.47. The van der Waals surface area contributed by atoms with Gasteiger partial charge in [0, 0.05) is 37.3 Å². The zero-order valence-corrected chi connectivity index (χ0v) is 16.6. The summed E-state index contributed by atoms with van der Waals surface area (Å²) in [7, 11) is 0. The Morgan fingerprint density at radius 1 is 1.14 bits per heavy atom. The van der Waals surface area contributed by atoms with Crippen molar-refractivity contribution in [3.8, 4) is 11.3 Å². The Morgan fingerprint density at radius 3 is 2.48 bits per heavy atom. The fourth-order valence-corrected chi connectivity index (χ4v) is 3.47. The van der Waals surface area contributed by atoms with E-state index in [0.29, 0.717) is 49.7 Å². The second-order valence-corrected chi connectivity index (χ2v) is 7.61. The number of rotatable bonds is 6. The molecule has 6 nitrogen and oxygen atoms in total. The van der Waals surface area contributed by atoms with Crippen LogP contribution in [0.4, 0.5) is 14.6 Å². The molecule has 1 fully saturated rings. The first-order chi connectivity index (χ1) is 13.9. The average molecular weight is 404 g/mol. The van der Waals surface area contributed by atoms with Gasteiger partial charge in [-0.2, -0.15) is 0 Å². The predicted molar refractivity (Wildman–Crippen MR) is 107 cm³/mol. The van der Waals surface area contributed by atoms with E-state index in [1.54, 1.807) is 29.3 Å². The summed E-state index contributed by atoms with van der Waals surface area (Å²) in [6, 6.07) is 6.28. The van der Waals surface area contributed by atoms with Gasteiger partial charge in [-0.1, -0.05) is 38.1 Å². The van der Waals surface area contributed by atoms with E-state index in [4.69, 9.17) is 0 Å². The van der Waals surface area contributed by atoms with E-state index in [1.807, 2.05) is 18.7 Å². The summed E-state index contributed by atoms with van der Waals surface area (Å²) in [6.07, 6.45) is -0.0540. The van der Waals surface area contributed by atoms with E-state index in [-0.39, 0.29) is 17.4 Å². The lowest BCUT2D eigenvalue weighted by Crippen LogP contribution is -2.51. The lowest BCUT2D eigenvalue weighted by Gasteiger charge is -2.36. The largest absolute Gasteiger partial charge is 0.383 e. The lowest BCUT2D eigenvalue weighted by atomic mass is 10.0. The standard InChI is InChI=1S/C21H26F2N4O2/c1-14(2)11-18(28)21(29)27-9-7-26(8-10-27)19-13-24-12-17(25-19)15-5-3-4-6-16(15)20(22)23/h3-6,12-14,18,20,28H,7-11H2,1-2H3/t18-/m0/s1. The summed E-state index contributed by atoms with van der Waals surface area (Å²) in [5.74, 6) is 0.579. The molecular formula is C21H26F2N4O2. The van der Waals surface area contributed by atoms with Gasteiger partial charge in [0.15, 0.2) is 0 Å². The van der Waals surface area contributed by atoms with Gasteiger partial charge in [0.25, 0.3) is 12.3 Å². The molecule has 1 amide bonds. The molecule has 0 radical (unpaired) electrons. The van der Waals surface area contributed by atoms with Crippen LogP contribution in [-0.4, -0.2) is 58.2 Å². The number of nitrogens with zero attached hydrogens (tertiary/aromatic N) is 4. The Bertz CT molecular complexity index is 839. The maximum atomic E-state index is 13.3. The third-order valence-corrected chi connectivity index (χ3v) is 4.99. The van der Waals surface area contributed by atoms with Crippen molar-refractivity contribution in [3.63, 3.8) is 0 Å². The highest BCUT2D eigenvalue weighted by molar-refractivity contribution is 5.81. The first-order valence-corrected chi connectivity index (χ1v) is 9.78. The number of amides is 1. The van der Waals surface area contributed by atoms with Crippen molar-refractivity contribution < 1.29 is 18.7 Å². The molecule has 1 saturated heterocycles. The SMILES string of the molecule is CC(C)C[C@H](O)C(=O)N1CCN(c2cncc(-c3ccccc3C(F)F)n2)CC1. The van der Waals surface area contributed by atoms with Crippen LogP contribution in [-0.2, 0) is 4.79 Å². The number of alkyl halides is 2. The minimum absolute atomic E-state index is 0.0755. The summed E-state index contributed by atoms with van der Waals surface area (Å²) >= 11 is 0. The Balaban J connectivity index is 1.70. The van der Waals surface area contributed by atoms with Gasteiger partial charge < -0.3 is 14.9 Å². The van der Waals surface area contributed by atoms with Gasteiger partial charge in [0.05, 0.1) is 18.1 Å². The monoisotopic (exact) mass is 404 g/mol. The van der Waals surface area contributed by atoms with Crippen molar-refractivity contribution in [1.82, 2.24) is 14.9 Å². The smallest absolute Gasteiger partial charge is 0.264 e. The van der Waals surface area contributed by atoms with Gasteiger partial charge in [-0.15, -0.1) is 0 Å². The maximum Gasteiger partial charge on any atom is 0.264 e. The summed E-state index contributed by atoms with van der Waals surface area (Å²) in [5.41, 5.74) is 0.681. The van der Waals surface area contributed by atoms with Crippen molar-refractivity contribution in [2.75, 3.05) is 31.1 Å². The molecule has 0 bridgehead atoms. The van der Waals surface area contributed by atoms with Crippen LogP contribution in [0.2, 0.25) is 0 Å². The van der Waals surface area contributed by atoms with Crippen LogP contribution >= 0.6 is 0 Å². The van der Waals surface area contributed by atoms with Gasteiger partial charge in [0.1, 0.15) is 11.9 Å². The third kappa shape index (κ3) is 5.06. The first-order valence-electron chi connectivity index (χ1n) is 9.78. The van der Waals surface area contributed by atoms with Crippen molar-refractivity contribution in [3.05, 3.63) is 42.2 Å². The Hall–Kier alpha value is -2.61. The van der Waals surface area contributed by atoms with E-state index in [2.05, 4.69) is 9.97 Å². The maximum absolute atomic E-state index is 13.3. The van der Waals surface area contributed by atoms with Crippen LogP contribution in [0.1, 0.15) is 32.3 Å². The predicted octanol–water partition coefficient (Wildman–Crippen LogP) is 3.14. The molecule has 2 aromatic rings. The van der Waals surface area contributed by atoms with Gasteiger partial charge in [-0.3, -0.25) is 9.78 Å². The third-order valence-electron chi connectivity index (χ3n) is 4.99. The second kappa shape index (κ2) is 9.26. The number of hydrogen-bond acceptors (Lipinski definition) is 5. The Labute approximate surface area is 169 Å². The zero-order chi connectivity index (χ0) is 21.0. The minimum Gasteiger partial charge on any atom is -0.383 e. The van der Waals surface area contributed by atoms with E-state index in [0.717, 1.165) is 0 Å². The number of aliphatic hydroxyl groups excluding tert-OH is 1. The summed E-state index contributed by atoms with van der Waals surface area (Å²) in [5, 5.41) is 10.1. The van der Waals surface area contributed by atoms with Gasteiger partial charge in [0.2, 0.25) is 0 Å². The summed E-state index contributed by atoms with van der Waals surface area (Å²) < 4.78 is 26.6. The Kier molecular flexibility index (Phi) is 6.74. The molecule has 1 aromatic heterocycles. The number of anilines is 1. The van der Waals surface area contributed by atoms with Crippen LogP contribution in [0.15, 0.2) is 36.7 Å². The van der Waals surface area contributed by atoms with Crippen LogP contribution in [0.5, 0.6) is 0 Å². The van der Waals surface area contributed by atoms with Crippen LogP contribution in [0.3, 0.4) is 0 Å². The minimum atomic E-state index is -2.59. The highest BCUT2D eigenvalue weighted by Gasteiger charge is 2.27. The number of aliphatic hydroxyl groups is 1. The molecule has 156 valence electrons. The Morgan fingerprint density at radius 2 is 1.83 bits per heavy atom. The molecular weight excluding hydrogens is 378 g/mol. The van der Waals surface area contributed by atoms with Crippen molar-refractivity contribution in [1.29, 1.82) is 0 Å². The lowest BCUT2D eigenvalue weighted by molar-refractivity contribution is -0.141. The summed E-state index contributed by atoms with van der Waals surface area (Å²) in [6.45, 7) is 5.93. The number of carbonyl (C=O) groups excluding carboxylic acids is 1. The molecule has 0 unspecified atom stereocenters. The van der Waals surface area contributed by atoms with Crippen LogP contribution in [0, 0.1) is 5.92 Å². The second-order valence-electron chi connectivity index (χ2n) is 7.61. The fraction of sp³-hybridized carbons (Fsp3) is 0.476. The molecule has 1 atom stereocenters. The molecule has 1 N–H and O–H groups in total. The van der Waals surface area contributed by atoms with E-state index in [1.165, 1.54) is 12.3 Å². The molecule has 0 saturated carbocycles. The van der Waals surface area contributed by atoms with Crippen LogP contribution < -0.4 is 4.90 Å². The number of piperazine rings is 1. The quantitative estimate of drug-likeness (QED) is 0.801. The van der Waals surface area contributed by atoms with E-state index in [9.17, 15) is 18.7 Å². The average Bonchev–Trinajstić information content (AvgIpc) is 2.73. The molecule has 1 aliphatic rings. The van der Waals surface area contributed by atoms with Crippen molar-refractivity contribution in [2.24, 2.45) is 5.92 Å². The van der Waals surface area contributed by atoms with Crippen molar-refractivity contribution in [2.45, 2.75) is 32.8 Å². The van der Waals surface area contributed by atoms with E-state index >= 15 is 0 Å². The number of carbonyl (C=O) groups is 1. The van der Waals surface area contributed by atoms with Gasteiger partial charge in [-0.05, 0) is 12.3 Å². The summed E-state index contributed by atoms with van der Waals surface area (Å²) in [4.78, 5) is 24.7. The number of aromatic nitrogens is 2. The normalized spacial score (nSPS) is 15.8. The van der Waals surface area contributed by atoms with Crippen LogP contribution in [0.25, 0.3) is 11.3 Å². The molecule has 3 rings (SSSR count). The topological polar surface area (TPSA) is 69.6 Å². The molecule has 8 heteroatoms.